The van der Waals surface area contributed by atoms with Crippen molar-refractivity contribution < 1.29 is 52.2 Å². The number of unbranched alkanes of at least 4 members (excludes halogenated alkanes) is 16. The van der Waals surface area contributed by atoms with E-state index >= 15 is 0 Å². The van der Waals surface area contributed by atoms with Gasteiger partial charge in [0.2, 0.25) is 0 Å². The second-order valence-electron chi connectivity index (χ2n) is 14.5. The first-order chi connectivity index (χ1) is 28.1. The second-order valence-corrected chi connectivity index (χ2v) is 14.5. The highest BCUT2D eigenvalue weighted by Gasteiger charge is 2.11. The van der Waals surface area contributed by atoms with Crippen LogP contribution in [0, 0.1) is 0 Å². The molecule has 0 heterocycles. The third-order valence-corrected chi connectivity index (χ3v) is 9.17. The van der Waals surface area contributed by atoms with Gasteiger partial charge in [-0.1, -0.05) is 115 Å². The molecule has 336 valence electrons. The third-order valence-electron chi connectivity index (χ3n) is 9.17. The lowest BCUT2D eigenvalue weighted by Crippen LogP contribution is -2.27. The second kappa shape index (κ2) is 48.5. The van der Waals surface area contributed by atoms with E-state index < -0.39 is 0 Å². The van der Waals surface area contributed by atoms with E-state index in [0.717, 1.165) is 77.0 Å². The summed E-state index contributed by atoms with van der Waals surface area (Å²) in [6, 6.07) is 0. The number of carbonyl (C=O) groups excluding carboxylic acids is 2. The number of hydrogen-bond acceptors (Lipinski definition) is 11. The van der Waals surface area contributed by atoms with E-state index in [9.17, 15) is 9.59 Å². The number of methoxy groups -OCH3 is 1. The standard InChI is InChI=1S/C46H86O11/c1-4-6-8-10-12-19-26-32-56-45(47)28-22-16-14-18-24-30-53-42-44(43-54-41-40-52-39-38-51-37-36-50-35-34-49-3)55-31-25-21-15-17-23-29-46(48)57-33-27-20-13-11-9-7-5-2/h19-20,26-27,44H,4-18,21-25,28-43H2,1-3H3/b26-19-,27-20-. The summed E-state index contributed by atoms with van der Waals surface area (Å²) in [5, 5.41) is 0. The van der Waals surface area contributed by atoms with Crippen LogP contribution < -0.4 is 0 Å². The highest BCUT2D eigenvalue weighted by atomic mass is 16.6. The van der Waals surface area contributed by atoms with Crippen LogP contribution in [0.1, 0.15) is 155 Å². The quantitative estimate of drug-likeness (QED) is 0.0332. The van der Waals surface area contributed by atoms with Crippen molar-refractivity contribution in [3.8, 4) is 0 Å². The lowest BCUT2D eigenvalue weighted by Gasteiger charge is -2.18. The summed E-state index contributed by atoms with van der Waals surface area (Å²) in [5.74, 6) is -0.220. The summed E-state index contributed by atoms with van der Waals surface area (Å²) < 4.78 is 50.1. The van der Waals surface area contributed by atoms with Crippen LogP contribution in [0.4, 0.5) is 0 Å². The summed E-state index contributed by atoms with van der Waals surface area (Å²) in [4.78, 5) is 24.0. The van der Waals surface area contributed by atoms with E-state index in [1.54, 1.807) is 7.11 Å². The van der Waals surface area contributed by atoms with E-state index in [1.807, 2.05) is 12.2 Å². The Hall–Kier alpha value is -1.86. The Morgan fingerprint density at radius 1 is 0.421 bits per heavy atom. The average molecular weight is 815 g/mol. The summed E-state index contributed by atoms with van der Waals surface area (Å²) in [6.45, 7) is 11.6. The molecular formula is C46H86O11. The summed E-state index contributed by atoms with van der Waals surface area (Å²) in [7, 11) is 1.65. The first kappa shape index (κ1) is 55.1. The van der Waals surface area contributed by atoms with Gasteiger partial charge in [-0.15, -0.1) is 0 Å². The summed E-state index contributed by atoms with van der Waals surface area (Å²) in [5.41, 5.74) is 0. The number of carbonyl (C=O) groups is 2. The zero-order valence-corrected chi connectivity index (χ0v) is 36.8. The maximum Gasteiger partial charge on any atom is 0.306 e. The van der Waals surface area contributed by atoms with E-state index in [2.05, 4.69) is 26.0 Å². The molecule has 0 rings (SSSR count). The van der Waals surface area contributed by atoms with Crippen LogP contribution in [-0.4, -0.2) is 118 Å². The minimum atomic E-state index is -0.145. The van der Waals surface area contributed by atoms with Gasteiger partial charge in [0.15, 0.2) is 0 Å². The van der Waals surface area contributed by atoms with E-state index in [0.29, 0.717) is 105 Å². The van der Waals surface area contributed by atoms with Gasteiger partial charge < -0.3 is 42.6 Å². The molecule has 0 radical (unpaired) electrons. The van der Waals surface area contributed by atoms with Crippen molar-refractivity contribution in [1.29, 1.82) is 0 Å². The molecule has 0 aromatic carbocycles. The fourth-order valence-corrected chi connectivity index (χ4v) is 5.71. The molecule has 11 nitrogen and oxygen atoms in total. The molecule has 0 fully saturated rings. The van der Waals surface area contributed by atoms with Gasteiger partial charge in [-0.3, -0.25) is 9.59 Å². The van der Waals surface area contributed by atoms with Crippen molar-refractivity contribution in [2.24, 2.45) is 0 Å². The Morgan fingerprint density at radius 2 is 0.825 bits per heavy atom. The zero-order valence-electron chi connectivity index (χ0n) is 36.8. The Bertz CT molecular complexity index is 882. The third kappa shape index (κ3) is 46.7. The van der Waals surface area contributed by atoms with Crippen LogP contribution in [-0.2, 0) is 52.2 Å². The largest absolute Gasteiger partial charge is 0.461 e. The first-order valence-electron chi connectivity index (χ1n) is 22.7. The first-order valence-corrected chi connectivity index (χ1v) is 22.7. The SMILES string of the molecule is CCCCCC/C=C\COC(=O)CCCCCCCOCC(COCCOCCOCCOCCOC)OCCCCCCCC(=O)OC/C=C\CCCCCC. The topological polar surface area (TPSA) is 117 Å². The van der Waals surface area contributed by atoms with Crippen LogP contribution in [0.3, 0.4) is 0 Å². The zero-order chi connectivity index (χ0) is 41.4. The Morgan fingerprint density at radius 3 is 1.32 bits per heavy atom. The molecule has 0 bridgehead atoms. The molecule has 0 saturated carbocycles. The van der Waals surface area contributed by atoms with Gasteiger partial charge in [0.05, 0.1) is 66.1 Å². The number of allylic oxidation sites excluding steroid dienone is 2. The molecule has 0 N–H and O–H groups in total. The molecule has 1 atom stereocenters. The highest BCUT2D eigenvalue weighted by Crippen LogP contribution is 2.10. The Labute approximate surface area is 348 Å². The molecule has 57 heavy (non-hydrogen) atoms. The fraction of sp³-hybridized carbons (Fsp3) is 0.870. The van der Waals surface area contributed by atoms with E-state index in [4.69, 9.17) is 42.6 Å². The molecule has 0 spiro atoms. The van der Waals surface area contributed by atoms with Gasteiger partial charge in [-0.25, -0.2) is 0 Å². The molecular weight excluding hydrogens is 728 g/mol. The monoisotopic (exact) mass is 815 g/mol. The normalized spacial score (nSPS) is 12.3. The maximum atomic E-state index is 12.0. The minimum Gasteiger partial charge on any atom is -0.461 e. The highest BCUT2D eigenvalue weighted by molar-refractivity contribution is 5.69. The van der Waals surface area contributed by atoms with Crippen molar-refractivity contribution in [1.82, 2.24) is 0 Å². The Kier molecular flexibility index (Phi) is 46.9. The minimum absolute atomic E-state index is 0.109. The van der Waals surface area contributed by atoms with Crippen molar-refractivity contribution in [3.63, 3.8) is 0 Å². The molecule has 0 aliphatic heterocycles. The van der Waals surface area contributed by atoms with Gasteiger partial charge in [0, 0.05) is 33.2 Å². The molecule has 0 aromatic heterocycles. The van der Waals surface area contributed by atoms with Crippen LogP contribution in [0.2, 0.25) is 0 Å². The van der Waals surface area contributed by atoms with Crippen LogP contribution in [0.5, 0.6) is 0 Å². The van der Waals surface area contributed by atoms with Gasteiger partial charge in [0.25, 0.3) is 0 Å². The lowest BCUT2D eigenvalue weighted by atomic mass is 10.1. The predicted octanol–water partition coefficient (Wildman–Crippen LogP) is 9.92. The molecule has 0 aliphatic carbocycles. The smallest absolute Gasteiger partial charge is 0.306 e. The molecule has 0 aliphatic rings. The lowest BCUT2D eigenvalue weighted by molar-refractivity contribution is -0.143. The number of esters is 2. The molecule has 1 unspecified atom stereocenters. The molecule has 0 amide bonds. The number of hydrogen-bond donors (Lipinski definition) is 0. The summed E-state index contributed by atoms with van der Waals surface area (Å²) >= 11 is 0. The average Bonchev–Trinajstić information content (AvgIpc) is 3.21. The maximum absolute atomic E-state index is 12.0. The van der Waals surface area contributed by atoms with Crippen molar-refractivity contribution in [2.45, 2.75) is 161 Å². The summed E-state index contributed by atoms with van der Waals surface area (Å²) in [6.07, 6.45) is 31.0. The van der Waals surface area contributed by atoms with Gasteiger partial charge in [-0.2, -0.15) is 0 Å². The van der Waals surface area contributed by atoms with Crippen LogP contribution in [0.25, 0.3) is 0 Å². The van der Waals surface area contributed by atoms with Crippen LogP contribution >= 0.6 is 0 Å². The van der Waals surface area contributed by atoms with Gasteiger partial charge in [0.1, 0.15) is 19.3 Å². The van der Waals surface area contributed by atoms with Crippen molar-refractivity contribution in [2.75, 3.05) is 99.6 Å². The molecule has 0 aromatic rings. The number of rotatable bonds is 47. The van der Waals surface area contributed by atoms with E-state index in [1.165, 1.54) is 51.4 Å². The molecule has 11 heteroatoms. The van der Waals surface area contributed by atoms with Gasteiger partial charge >= 0.3 is 11.9 Å². The number of ether oxygens (including phenoxy) is 9. The van der Waals surface area contributed by atoms with E-state index in [-0.39, 0.29) is 18.0 Å². The van der Waals surface area contributed by atoms with Gasteiger partial charge in [-0.05, 0) is 51.4 Å². The molecule has 0 saturated heterocycles. The Balaban J connectivity index is 4.12. The van der Waals surface area contributed by atoms with Crippen molar-refractivity contribution in [3.05, 3.63) is 24.3 Å². The predicted molar refractivity (Wildman–Crippen MR) is 229 cm³/mol. The van der Waals surface area contributed by atoms with Crippen LogP contribution in [0.15, 0.2) is 24.3 Å². The fourth-order valence-electron chi connectivity index (χ4n) is 5.71. The van der Waals surface area contributed by atoms with Crippen molar-refractivity contribution >= 4 is 11.9 Å².